The second-order valence-corrected chi connectivity index (χ2v) is 13.4. The van der Waals surface area contributed by atoms with Crippen LogP contribution in [-0.4, -0.2) is 22.4 Å². The van der Waals surface area contributed by atoms with Gasteiger partial charge in [-0.25, -0.2) is 0 Å². The lowest BCUT2D eigenvalue weighted by Gasteiger charge is -2.26. The van der Waals surface area contributed by atoms with E-state index in [1.165, 1.54) is 205 Å². The standard InChI is InChI=1S/C40H78O3/c1-3-5-7-9-21-27-33-39(35-29-23-17-13-11-15-19-25-31-37-41)43-40(34-28-22-10-8-6-4-2)36-30-24-18-14-12-16-20-26-32-38-42/h31-32,37-42H,3-30,33-36H2,1-2H3. The van der Waals surface area contributed by atoms with E-state index < -0.39 is 0 Å². The van der Waals surface area contributed by atoms with Gasteiger partial charge < -0.3 is 14.9 Å². The molecule has 0 radical (unpaired) electrons. The summed E-state index contributed by atoms with van der Waals surface area (Å²) in [7, 11) is 0. The number of unbranched alkanes of at least 4 members (excludes halogenated alkanes) is 24. The maximum absolute atomic E-state index is 8.76. The molecule has 0 heterocycles. The van der Waals surface area contributed by atoms with Crippen LogP contribution in [0.25, 0.3) is 0 Å². The molecule has 0 saturated heterocycles. The van der Waals surface area contributed by atoms with Crippen LogP contribution < -0.4 is 0 Å². The van der Waals surface area contributed by atoms with Crippen molar-refractivity contribution in [3.8, 4) is 0 Å². The van der Waals surface area contributed by atoms with Crippen LogP contribution in [0, 0.1) is 0 Å². The van der Waals surface area contributed by atoms with E-state index in [2.05, 4.69) is 13.8 Å². The average molecular weight is 607 g/mol. The highest BCUT2D eigenvalue weighted by Gasteiger charge is 2.17. The van der Waals surface area contributed by atoms with Gasteiger partial charge in [0.05, 0.1) is 24.7 Å². The van der Waals surface area contributed by atoms with E-state index in [1.54, 1.807) is 0 Å². The highest BCUT2D eigenvalue weighted by atomic mass is 16.5. The highest BCUT2D eigenvalue weighted by molar-refractivity contribution is 4.72. The molecule has 256 valence electrons. The number of aliphatic hydroxyl groups is 2. The summed E-state index contributed by atoms with van der Waals surface area (Å²) in [5.41, 5.74) is 0. The molecular weight excluding hydrogens is 528 g/mol. The van der Waals surface area contributed by atoms with Gasteiger partial charge in [-0.3, -0.25) is 0 Å². The van der Waals surface area contributed by atoms with E-state index in [0.29, 0.717) is 12.2 Å². The molecule has 0 aliphatic carbocycles. The van der Waals surface area contributed by atoms with Gasteiger partial charge in [0.15, 0.2) is 0 Å². The fourth-order valence-electron chi connectivity index (χ4n) is 6.32. The summed E-state index contributed by atoms with van der Waals surface area (Å²) >= 11 is 0. The van der Waals surface area contributed by atoms with E-state index >= 15 is 0 Å². The van der Waals surface area contributed by atoms with Gasteiger partial charge in [0, 0.05) is 0 Å². The zero-order valence-electron chi connectivity index (χ0n) is 29.4. The van der Waals surface area contributed by atoms with Gasteiger partial charge in [-0.2, -0.15) is 0 Å². The Balaban J connectivity index is 4.61. The molecule has 2 unspecified atom stereocenters. The third-order valence-electron chi connectivity index (χ3n) is 9.15. The highest BCUT2D eigenvalue weighted by Crippen LogP contribution is 2.23. The summed E-state index contributed by atoms with van der Waals surface area (Å²) in [6, 6.07) is 0. The van der Waals surface area contributed by atoms with Crippen LogP contribution in [0.3, 0.4) is 0 Å². The molecule has 3 nitrogen and oxygen atoms in total. The quantitative estimate of drug-likeness (QED) is 0.0551. The fourth-order valence-corrected chi connectivity index (χ4v) is 6.32. The van der Waals surface area contributed by atoms with Crippen molar-refractivity contribution in [3.05, 3.63) is 24.7 Å². The first-order chi connectivity index (χ1) is 21.3. The smallest absolute Gasteiger partial charge is 0.0751 e. The molecule has 3 heteroatoms. The lowest BCUT2D eigenvalue weighted by Crippen LogP contribution is -2.23. The lowest BCUT2D eigenvalue weighted by molar-refractivity contribution is -0.0324. The number of hydrogen-bond acceptors (Lipinski definition) is 3. The van der Waals surface area contributed by atoms with Crippen molar-refractivity contribution in [2.24, 2.45) is 0 Å². The number of rotatable bonds is 36. The zero-order chi connectivity index (χ0) is 31.3. The second kappa shape index (κ2) is 37.2. The van der Waals surface area contributed by atoms with Crippen molar-refractivity contribution >= 4 is 0 Å². The van der Waals surface area contributed by atoms with Crippen molar-refractivity contribution in [1.29, 1.82) is 0 Å². The van der Waals surface area contributed by atoms with Crippen LogP contribution in [0.15, 0.2) is 24.7 Å². The zero-order valence-corrected chi connectivity index (χ0v) is 29.4. The maximum atomic E-state index is 8.76. The summed E-state index contributed by atoms with van der Waals surface area (Å²) < 4.78 is 7.02. The molecule has 0 fully saturated rings. The Hall–Kier alpha value is -0.960. The molecule has 0 aliphatic rings. The summed E-state index contributed by atoms with van der Waals surface area (Å²) in [4.78, 5) is 0. The molecule has 0 aromatic rings. The van der Waals surface area contributed by atoms with Crippen LogP contribution >= 0.6 is 0 Å². The van der Waals surface area contributed by atoms with Gasteiger partial charge in [0.25, 0.3) is 0 Å². The van der Waals surface area contributed by atoms with E-state index in [-0.39, 0.29) is 0 Å². The fraction of sp³-hybridized carbons (Fsp3) is 0.900. The van der Waals surface area contributed by atoms with Gasteiger partial charge in [-0.15, -0.1) is 0 Å². The van der Waals surface area contributed by atoms with Gasteiger partial charge in [0.1, 0.15) is 0 Å². The Morgan fingerprint density at radius 1 is 0.372 bits per heavy atom. The molecule has 0 aromatic heterocycles. The van der Waals surface area contributed by atoms with Crippen molar-refractivity contribution in [3.63, 3.8) is 0 Å². The number of aliphatic hydroxyl groups excluding tert-OH is 2. The number of allylic oxidation sites excluding steroid dienone is 2. The first-order valence-corrected chi connectivity index (χ1v) is 19.5. The lowest BCUT2D eigenvalue weighted by atomic mass is 9.99. The van der Waals surface area contributed by atoms with E-state index in [1.807, 2.05) is 12.2 Å². The summed E-state index contributed by atoms with van der Waals surface area (Å²) in [6.45, 7) is 4.61. The van der Waals surface area contributed by atoms with Crippen molar-refractivity contribution < 1.29 is 14.9 Å². The molecule has 0 amide bonds. The largest absolute Gasteiger partial charge is 0.516 e. The minimum absolute atomic E-state index is 0.467. The molecule has 0 aromatic carbocycles. The topological polar surface area (TPSA) is 49.7 Å². The third-order valence-corrected chi connectivity index (χ3v) is 9.15. The molecule has 0 rings (SSSR count). The van der Waals surface area contributed by atoms with Crippen LogP contribution in [0.4, 0.5) is 0 Å². The molecule has 2 N–H and O–H groups in total. The van der Waals surface area contributed by atoms with Crippen LogP contribution in [0.2, 0.25) is 0 Å². The summed E-state index contributed by atoms with van der Waals surface area (Å²) in [6.07, 6.45) is 49.0. The van der Waals surface area contributed by atoms with Gasteiger partial charge in [-0.1, -0.05) is 180 Å². The van der Waals surface area contributed by atoms with Crippen LogP contribution in [-0.2, 0) is 4.74 Å². The summed E-state index contributed by atoms with van der Waals surface area (Å²) in [5, 5.41) is 17.5. The van der Waals surface area contributed by atoms with Crippen LogP contribution in [0.5, 0.6) is 0 Å². The van der Waals surface area contributed by atoms with Gasteiger partial charge in [-0.05, 0) is 51.4 Å². The molecule has 0 saturated carbocycles. The van der Waals surface area contributed by atoms with Crippen molar-refractivity contribution in [1.82, 2.24) is 0 Å². The van der Waals surface area contributed by atoms with Gasteiger partial charge in [0.2, 0.25) is 0 Å². The van der Waals surface area contributed by atoms with E-state index in [4.69, 9.17) is 14.9 Å². The van der Waals surface area contributed by atoms with E-state index in [9.17, 15) is 0 Å². The Kier molecular flexibility index (Phi) is 36.4. The Bertz CT molecular complexity index is 510. The first kappa shape index (κ1) is 42.0. The Morgan fingerprint density at radius 3 is 0.907 bits per heavy atom. The van der Waals surface area contributed by atoms with Gasteiger partial charge >= 0.3 is 0 Å². The monoisotopic (exact) mass is 607 g/mol. The molecule has 0 bridgehead atoms. The molecule has 0 spiro atoms. The SMILES string of the molecule is CCCCCCCCC(CCCCCCCCCC=CO)OC(CCCCCCCC)CCCCCCCCCC=CO. The van der Waals surface area contributed by atoms with Crippen LogP contribution in [0.1, 0.15) is 219 Å². The Labute approximate surface area is 270 Å². The van der Waals surface area contributed by atoms with Crippen molar-refractivity contribution in [2.75, 3.05) is 0 Å². The van der Waals surface area contributed by atoms with Crippen molar-refractivity contribution in [2.45, 2.75) is 232 Å². The number of ether oxygens (including phenoxy) is 1. The molecule has 2 atom stereocenters. The minimum atomic E-state index is 0.467. The Morgan fingerprint density at radius 2 is 0.628 bits per heavy atom. The second-order valence-electron chi connectivity index (χ2n) is 13.4. The molecular formula is C40H78O3. The minimum Gasteiger partial charge on any atom is -0.516 e. The van der Waals surface area contributed by atoms with E-state index in [0.717, 1.165) is 12.8 Å². The normalized spacial score (nSPS) is 13.4. The third kappa shape index (κ3) is 33.8. The summed E-state index contributed by atoms with van der Waals surface area (Å²) in [5.74, 6) is 0. The average Bonchev–Trinajstić information content (AvgIpc) is 3.01. The molecule has 0 aliphatic heterocycles. The maximum Gasteiger partial charge on any atom is 0.0751 e. The first-order valence-electron chi connectivity index (χ1n) is 19.5. The number of hydrogen-bond donors (Lipinski definition) is 2. The predicted octanol–water partition coefficient (Wildman–Crippen LogP) is 14.4. The predicted molar refractivity (Wildman–Crippen MR) is 191 cm³/mol. The molecule has 43 heavy (non-hydrogen) atoms.